The Bertz CT molecular complexity index is 103. The van der Waals surface area contributed by atoms with Crippen LogP contribution in [0.3, 0.4) is 0 Å². The van der Waals surface area contributed by atoms with Gasteiger partial charge in [-0.25, -0.2) is 0 Å². The Kier molecular flexibility index (Phi) is 19.6. The molecule has 0 aliphatic heterocycles. The summed E-state index contributed by atoms with van der Waals surface area (Å²) >= 11 is 0. The van der Waals surface area contributed by atoms with E-state index in [1.54, 1.807) is 0 Å². The normalized spacial score (nSPS) is 11.8. The second-order valence-corrected chi connectivity index (χ2v) is 4.13. The van der Waals surface area contributed by atoms with Gasteiger partial charge < -0.3 is 22.9 Å². The van der Waals surface area contributed by atoms with Gasteiger partial charge in [-0.1, -0.05) is 32.6 Å². The lowest BCUT2D eigenvalue weighted by atomic mass is 10.1. The van der Waals surface area contributed by atoms with Gasteiger partial charge >= 0.3 is 0 Å². The number of hydrogen-bond donors (Lipinski definition) is 4. The van der Waals surface area contributed by atoms with Crippen LogP contribution in [0.15, 0.2) is 0 Å². The van der Waals surface area contributed by atoms with Crippen LogP contribution in [0, 0.1) is 0 Å². The van der Waals surface area contributed by atoms with E-state index < -0.39 is 0 Å². The highest BCUT2D eigenvalue weighted by Crippen LogP contribution is 1.95. The molecule has 0 heterocycles. The fraction of sp³-hybridized carbons (Fsp3) is 1.00. The van der Waals surface area contributed by atoms with Gasteiger partial charge in [0, 0.05) is 12.6 Å². The summed E-state index contributed by atoms with van der Waals surface area (Å²) in [6, 6.07) is 0.231. The first kappa shape index (κ1) is 18.2. The van der Waals surface area contributed by atoms with Gasteiger partial charge in [-0.2, -0.15) is 0 Å². The summed E-state index contributed by atoms with van der Waals surface area (Å²) in [6.45, 7) is 4.43. The Morgan fingerprint density at radius 3 is 1.62 bits per heavy atom. The molecule has 0 radical (unpaired) electrons. The van der Waals surface area contributed by atoms with Crippen LogP contribution in [-0.4, -0.2) is 25.7 Å². The molecule has 0 saturated heterocycles. The van der Waals surface area contributed by atoms with Crippen molar-refractivity contribution in [1.82, 2.24) is 0 Å². The van der Waals surface area contributed by atoms with Gasteiger partial charge in [-0.05, 0) is 32.4 Å². The molecule has 0 aliphatic carbocycles. The van der Waals surface area contributed by atoms with Gasteiger partial charge in [0.15, 0.2) is 0 Å². The summed E-state index contributed by atoms with van der Waals surface area (Å²) in [5.41, 5.74) is 21.4. The van der Waals surface area contributed by atoms with Crippen LogP contribution in [0.25, 0.3) is 0 Å². The lowest BCUT2D eigenvalue weighted by Crippen LogP contribution is -2.29. The lowest BCUT2D eigenvalue weighted by molar-refractivity contribution is 0.584. The predicted molar refractivity (Wildman–Crippen MR) is 73.1 cm³/mol. The van der Waals surface area contributed by atoms with E-state index in [2.05, 4.69) is 6.92 Å². The number of hydrogen-bond acceptors (Lipinski definition) is 4. The molecule has 0 aromatic carbocycles. The minimum Gasteiger partial charge on any atom is -0.330 e. The minimum atomic E-state index is 0.231. The van der Waals surface area contributed by atoms with E-state index in [1.807, 2.05) is 0 Å². The number of unbranched alkanes of at least 4 members (excludes halogenated alkanes) is 4. The molecule has 0 aliphatic rings. The van der Waals surface area contributed by atoms with E-state index in [0.717, 1.165) is 32.4 Å². The van der Waals surface area contributed by atoms with E-state index in [0.29, 0.717) is 6.54 Å². The van der Waals surface area contributed by atoms with Crippen LogP contribution in [0.1, 0.15) is 51.9 Å². The highest BCUT2D eigenvalue weighted by molar-refractivity contribution is 4.59. The summed E-state index contributed by atoms with van der Waals surface area (Å²) in [5.74, 6) is 0. The van der Waals surface area contributed by atoms with Crippen molar-refractivity contribution in [2.75, 3.05) is 19.6 Å². The third-order valence-electron chi connectivity index (χ3n) is 2.39. The van der Waals surface area contributed by atoms with Crippen LogP contribution in [-0.2, 0) is 0 Å². The zero-order valence-corrected chi connectivity index (χ0v) is 11.0. The van der Waals surface area contributed by atoms with Crippen molar-refractivity contribution < 1.29 is 0 Å². The fourth-order valence-corrected chi connectivity index (χ4v) is 1.23. The molecule has 1 atom stereocenters. The highest BCUT2D eigenvalue weighted by atomic mass is 14.7. The zero-order valence-electron chi connectivity index (χ0n) is 11.0. The first-order valence-electron chi connectivity index (χ1n) is 6.58. The molecule has 4 heteroatoms. The maximum Gasteiger partial charge on any atom is 0.0163 e. The predicted octanol–water partition coefficient (Wildman–Crippen LogP) is 0.927. The summed E-state index contributed by atoms with van der Waals surface area (Å²) in [6.07, 6.45) is 8.29. The van der Waals surface area contributed by atoms with E-state index in [9.17, 15) is 0 Å². The van der Waals surface area contributed by atoms with Crippen molar-refractivity contribution in [2.24, 2.45) is 22.9 Å². The highest BCUT2D eigenvalue weighted by Gasteiger charge is 1.95. The van der Waals surface area contributed by atoms with Crippen molar-refractivity contribution in [3.8, 4) is 0 Å². The Balaban J connectivity index is 0. The summed E-state index contributed by atoms with van der Waals surface area (Å²) in [4.78, 5) is 0. The molecule has 0 aromatic rings. The molecule has 8 N–H and O–H groups in total. The molecule has 0 spiro atoms. The van der Waals surface area contributed by atoms with E-state index in [4.69, 9.17) is 22.9 Å². The van der Waals surface area contributed by atoms with Gasteiger partial charge in [0.1, 0.15) is 0 Å². The molecule has 0 aromatic heterocycles. The van der Waals surface area contributed by atoms with Crippen LogP contribution < -0.4 is 22.9 Å². The lowest BCUT2D eigenvalue weighted by Gasteiger charge is -2.04. The molecule has 0 bridgehead atoms. The van der Waals surface area contributed by atoms with Gasteiger partial charge in [0.05, 0.1) is 0 Å². The first-order chi connectivity index (χ1) is 7.72. The second-order valence-electron chi connectivity index (χ2n) is 4.13. The third-order valence-corrected chi connectivity index (χ3v) is 2.39. The molecular weight excluding hydrogens is 200 g/mol. The monoisotopic (exact) mass is 232 g/mol. The van der Waals surface area contributed by atoms with Gasteiger partial charge in [-0.3, -0.25) is 0 Å². The third kappa shape index (κ3) is 19.4. The van der Waals surface area contributed by atoms with Crippen LogP contribution >= 0.6 is 0 Å². The Morgan fingerprint density at radius 1 is 0.812 bits per heavy atom. The summed E-state index contributed by atoms with van der Waals surface area (Å²) < 4.78 is 0. The van der Waals surface area contributed by atoms with Gasteiger partial charge in [0.25, 0.3) is 0 Å². The first-order valence-corrected chi connectivity index (χ1v) is 6.58. The van der Waals surface area contributed by atoms with E-state index in [-0.39, 0.29) is 6.04 Å². The Labute approximate surface area is 101 Å². The molecule has 16 heavy (non-hydrogen) atoms. The van der Waals surface area contributed by atoms with E-state index >= 15 is 0 Å². The van der Waals surface area contributed by atoms with Crippen LogP contribution in [0.2, 0.25) is 0 Å². The van der Waals surface area contributed by atoms with Crippen molar-refractivity contribution in [3.63, 3.8) is 0 Å². The maximum absolute atomic E-state index is 5.53. The zero-order chi connectivity index (χ0) is 12.6. The number of nitrogens with two attached hydrogens (primary N) is 4. The molecule has 4 nitrogen and oxygen atoms in total. The average molecular weight is 232 g/mol. The molecular formula is C12H32N4. The quantitative estimate of drug-likeness (QED) is 0.444. The van der Waals surface area contributed by atoms with E-state index in [1.165, 1.54) is 25.7 Å². The molecule has 0 fully saturated rings. The Morgan fingerprint density at radius 2 is 1.31 bits per heavy atom. The van der Waals surface area contributed by atoms with Gasteiger partial charge in [0.2, 0.25) is 0 Å². The minimum absolute atomic E-state index is 0.231. The summed E-state index contributed by atoms with van der Waals surface area (Å²) in [7, 11) is 0. The maximum atomic E-state index is 5.53. The molecule has 100 valence electrons. The van der Waals surface area contributed by atoms with Gasteiger partial charge in [-0.15, -0.1) is 0 Å². The van der Waals surface area contributed by atoms with Crippen LogP contribution in [0.4, 0.5) is 0 Å². The molecule has 0 amide bonds. The molecule has 0 saturated carbocycles. The van der Waals surface area contributed by atoms with Crippen molar-refractivity contribution in [3.05, 3.63) is 0 Å². The topological polar surface area (TPSA) is 104 Å². The van der Waals surface area contributed by atoms with Crippen molar-refractivity contribution >= 4 is 0 Å². The number of rotatable bonds is 9. The fourth-order valence-electron chi connectivity index (χ4n) is 1.23. The Hall–Kier alpha value is -0.160. The molecule has 1 unspecified atom stereocenters. The van der Waals surface area contributed by atoms with Crippen LogP contribution in [0.5, 0.6) is 0 Å². The summed E-state index contributed by atoms with van der Waals surface area (Å²) in [5, 5.41) is 0. The SMILES string of the molecule is CCCCC(N)CN.NCCCCCCN. The second kappa shape index (κ2) is 17.2. The molecule has 0 rings (SSSR count). The standard InChI is InChI=1S/2C6H16N2/c1-2-3-4-6(8)5-7;7-5-3-1-2-4-6-8/h6H,2-5,7-8H2,1H3;1-8H2. The smallest absolute Gasteiger partial charge is 0.0163 e. The van der Waals surface area contributed by atoms with Crippen molar-refractivity contribution in [1.29, 1.82) is 0 Å². The van der Waals surface area contributed by atoms with Crippen molar-refractivity contribution in [2.45, 2.75) is 57.9 Å². The average Bonchev–Trinajstić information content (AvgIpc) is 2.32. The largest absolute Gasteiger partial charge is 0.330 e.